The summed E-state index contributed by atoms with van der Waals surface area (Å²) in [7, 11) is 3.05. The number of carbonyl (C=O) groups excluding carboxylic acids is 1. The van der Waals surface area contributed by atoms with E-state index in [1.165, 1.54) is 38.8 Å². The van der Waals surface area contributed by atoms with Crippen molar-refractivity contribution in [3.8, 4) is 17.0 Å². The minimum absolute atomic E-state index is 0.141. The Hall–Kier alpha value is -3.26. The molecule has 0 saturated heterocycles. The summed E-state index contributed by atoms with van der Waals surface area (Å²) < 4.78 is 6.28. The number of amides is 1. The molecule has 2 aromatic heterocycles. The Morgan fingerprint density at radius 3 is 2.73 bits per heavy atom. The molecule has 0 spiro atoms. The first-order valence-corrected chi connectivity index (χ1v) is 7.86. The summed E-state index contributed by atoms with van der Waals surface area (Å²) in [5, 5.41) is 6.86. The fourth-order valence-corrected chi connectivity index (χ4v) is 2.46. The van der Waals surface area contributed by atoms with Crippen molar-refractivity contribution in [2.75, 3.05) is 12.4 Å². The van der Waals surface area contributed by atoms with Crippen molar-refractivity contribution in [2.24, 2.45) is 7.05 Å². The minimum Gasteiger partial charge on any atom is -0.495 e. The molecule has 0 aliphatic carbocycles. The lowest BCUT2D eigenvalue weighted by atomic mass is 10.1. The van der Waals surface area contributed by atoms with Crippen LogP contribution < -0.4 is 15.6 Å². The van der Waals surface area contributed by atoms with Gasteiger partial charge in [0.25, 0.3) is 11.5 Å². The molecule has 26 heavy (non-hydrogen) atoms. The van der Waals surface area contributed by atoms with Gasteiger partial charge in [-0.1, -0.05) is 11.6 Å². The molecule has 0 bridgehead atoms. The minimum atomic E-state index is -0.483. The van der Waals surface area contributed by atoms with E-state index in [9.17, 15) is 9.59 Å². The molecule has 1 amide bonds. The molecular formula is C17H14ClN5O3. The average molecular weight is 372 g/mol. The molecule has 0 unspecified atom stereocenters. The summed E-state index contributed by atoms with van der Waals surface area (Å²) in [6.45, 7) is 0. The molecule has 0 aliphatic rings. The lowest BCUT2D eigenvalue weighted by Crippen LogP contribution is -2.21. The molecule has 2 heterocycles. The van der Waals surface area contributed by atoms with Crippen LogP contribution in [0.15, 0.2) is 47.7 Å². The van der Waals surface area contributed by atoms with E-state index in [0.717, 1.165) is 4.68 Å². The van der Waals surface area contributed by atoms with Gasteiger partial charge in [0.05, 0.1) is 29.7 Å². The Morgan fingerprint density at radius 1 is 1.23 bits per heavy atom. The summed E-state index contributed by atoms with van der Waals surface area (Å²) in [6.07, 6.45) is 2.66. The number of aromatic nitrogens is 4. The van der Waals surface area contributed by atoms with E-state index in [-0.39, 0.29) is 16.9 Å². The number of ether oxygens (including phenoxy) is 1. The Labute approximate surface area is 153 Å². The first kappa shape index (κ1) is 17.6. The van der Waals surface area contributed by atoms with Gasteiger partial charge in [-0.05, 0) is 24.3 Å². The van der Waals surface area contributed by atoms with Gasteiger partial charge in [0.2, 0.25) is 0 Å². The van der Waals surface area contributed by atoms with Crippen molar-refractivity contribution >= 4 is 23.2 Å². The number of aryl methyl sites for hydroxylation is 1. The van der Waals surface area contributed by atoms with Gasteiger partial charge in [-0.25, -0.2) is 14.6 Å². The van der Waals surface area contributed by atoms with E-state index in [2.05, 4.69) is 20.4 Å². The molecule has 1 N–H and O–H groups in total. The van der Waals surface area contributed by atoms with Crippen LogP contribution >= 0.6 is 11.6 Å². The second-order valence-corrected chi connectivity index (χ2v) is 5.71. The standard InChI is InChI=1S/C17H14ClN5O3/c1-23-16(24)6-11(8-21-23)22-17(25)14-7-13(19-9-20-14)10-3-4-15(26-2)12(18)5-10/h3-9H,1-2H3,(H,22,25). The van der Waals surface area contributed by atoms with E-state index >= 15 is 0 Å². The maximum atomic E-state index is 12.4. The fraction of sp³-hybridized carbons (Fsp3) is 0.118. The molecule has 0 atom stereocenters. The molecule has 3 rings (SSSR count). The molecule has 9 heteroatoms. The zero-order valence-corrected chi connectivity index (χ0v) is 14.7. The topological polar surface area (TPSA) is 99.0 Å². The van der Waals surface area contributed by atoms with Gasteiger partial charge in [-0.15, -0.1) is 0 Å². The Morgan fingerprint density at radius 2 is 2.04 bits per heavy atom. The predicted molar refractivity (Wildman–Crippen MR) is 96.5 cm³/mol. The van der Waals surface area contributed by atoms with Gasteiger partial charge in [-0.3, -0.25) is 9.59 Å². The number of carbonyl (C=O) groups is 1. The van der Waals surface area contributed by atoms with Crippen molar-refractivity contribution in [3.63, 3.8) is 0 Å². The van der Waals surface area contributed by atoms with Gasteiger partial charge in [-0.2, -0.15) is 5.10 Å². The monoisotopic (exact) mass is 371 g/mol. The molecule has 0 saturated carbocycles. The van der Waals surface area contributed by atoms with Crippen LogP contribution in [0.3, 0.4) is 0 Å². The second-order valence-electron chi connectivity index (χ2n) is 5.30. The third-order valence-corrected chi connectivity index (χ3v) is 3.87. The normalized spacial score (nSPS) is 10.4. The number of rotatable bonds is 4. The van der Waals surface area contributed by atoms with Crippen molar-refractivity contribution in [3.05, 3.63) is 63.9 Å². The van der Waals surface area contributed by atoms with Gasteiger partial charge in [0.1, 0.15) is 17.8 Å². The van der Waals surface area contributed by atoms with Crippen molar-refractivity contribution < 1.29 is 9.53 Å². The summed E-state index contributed by atoms with van der Waals surface area (Å²) >= 11 is 6.13. The maximum Gasteiger partial charge on any atom is 0.274 e. The molecule has 1 aromatic carbocycles. The summed E-state index contributed by atoms with van der Waals surface area (Å²) in [4.78, 5) is 32.1. The zero-order chi connectivity index (χ0) is 18.7. The number of hydrogen-bond donors (Lipinski definition) is 1. The van der Waals surface area contributed by atoms with Crippen molar-refractivity contribution in [2.45, 2.75) is 0 Å². The van der Waals surface area contributed by atoms with E-state index in [1.807, 2.05) is 0 Å². The van der Waals surface area contributed by atoms with E-state index in [0.29, 0.717) is 22.0 Å². The lowest BCUT2D eigenvalue weighted by Gasteiger charge is -2.08. The number of benzene rings is 1. The van der Waals surface area contributed by atoms with Gasteiger partial charge < -0.3 is 10.1 Å². The summed E-state index contributed by atoms with van der Waals surface area (Å²) in [6, 6.07) is 7.98. The van der Waals surface area contributed by atoms with E-state index < -0.39 is 5.91 Å². The quantitative estimate of drug-likeness (QED) is 0.754. The summed E-state index contributed by atoms with van der Waals surface area (Å²) in [5.74, 6) is 0.0592. The van der Waals surface area contributed by atoms with Crippen LogP contribution in [-0.4, -0.2) is 32.8 Å². The van der Waals surface area contributed by atoms with Gasteiger partial charge in [0, 0.05) is 18.7 Å². The highest BCUT2D eigenvalue weighted by Gasteiger charge is 2.12. The van der Waals surface area contributed by atoms with Crippen molar-refractivity contribution in [1.82, 2.24) is 19.7 Å². The molecule has 3 aromatic rings. The molecule has 0 aliphatic heterocycles. The van der Waals surface area contributed by atoms with E-state index in [1.54, 1.807) is 18.2 Å². The Balaban J connectivity index is 1.86. The van der Waals surface area contributed by atoms with Crippen LogP contribution in [0.5, 0.6) is 5.75 Å². The van der Waals surface area contributed by atoms with Crippen molar-refractivity contribution in [1.29, 1.82) is 0 Å². The number of nitrogens with zero attached hydrogens (tertiary/aromatic N) is 4. The fourth-order valence-electron chi connectivity index (χ4n) is 2.20. The highest BCUT2D eigenvalue weighted by atomic mass is 35.5. The second kappa shape index (κ2) is 7.32. The first-order valence-electron chi connectivity index (χ1n) is 7.48. The number of methoxy groups -OCH3 is 1. The number of anilines is 1. The predicted octanol–water partition coefficient (Wildman–Crippen LogP) is 2.15. The van der Waals surface area contributed by atoms with Crippen LogP contribution in [0.25, 0.3) is 11.3 Å². The smallest absolute Gasteiger partial charge is 0.274 e. The SMILES string of the molecule is COc1ccc(-c2cc(C(=O)Nc3cnn(C)c(=O)c3)ncn2)cc1Cl. The van der Waals surface area contributed by atoms with Crippen LogP contribution in [0.2, 0.25) is 5.02 Å². The largest absolute Gasteiger partial charge is 0.495 e. The summed E-state index contributed by atoms with van der Waals surface area (Å²) in [5.41, 5.74) is 1.33. The lowest BCUT2D eigenvalue weighted by molar-refractivity contribution is 0.102. The molecule has 8 nitrogen and oxygen atoms in total. The van der Waals surface area contributed by atoms with E-state index in [4.69, 9.17) is 16.3 Å². The van der Waals surface area contributed by atoms with Gasteiger partial charge >= 0.3 is 0 Å². The number of hydrogen-bond acceptors (Lipinski definition) is 6. The van der Waals surface area contributed by atoms with Crippen LogP contribution in [0, 0.1) is 0 Å². The Kier molecular flexibility index (Phi) is 4.94. The third-order valence-electron chi connectivity index (χ3n) is 3.57. The molecule has 0 fully saturated rings. The van der Waals surface area contributed by atoms with Crippen LogP contribution in [0.1, 0.15) is 10.5 Å². The number of halogens is 1. The molecule has 0 radical (unpaired) electrons. The average Bonchev–Trinajstić information content (AvgIpc) is 2.64. The Bertz CT molecular complexity index is 1030. The maximum absolute atomic E-state index is 12.4. The first-order chi connectivity index (χ1) is 12.5. The van der Waals surface area contributed by atoms with Gasteiger partial charge in [0.15, 0.2) is 0 Å². The third kappa shape index (κ3) is 3.70. The highest BCUT2D eigenvalue weighted by molar-refractivity contribution is 6.32. The molecule has 132 valence electrons. The highest BCUT2D eigenvalue weighted by Crippen LogP contribution is 2.29. The van der Waals surface area contributed by atoms with Crippen LogP contribution in [-0.2, 0) is 7.05 Å². The van der Waals surface area contributed by atoms with Crippen LogP contribution in [0.4, 0.5) is 5.69 Å². The molecular weight excluding hydrogens is 358 g/mol. The zero-order valence-electron chi connectivity index (χ0n) is 13.9. The number of nitrogens with one attached hydrogen (secondary N) is 1.